The molecule has 2 amide bonds. The van der Waals surface area contributed by atoms with Crippen molar-refractivity contribution < 1.29 is 19.1 Å². The molecule has 1 heterocycles. The number of amides is 2. The van der Waals surface area contributed by atoms with Gasteiger partial charge in [-0.1, -0.05) is 12.1 Å². The van der Waals surface area contributed by atoms with Gasteiger partial charge < -0.3 is 10.4 Å². The lowest BCUT2D eigenvalue weighted by Crippen LogP contribution is -2.20. The van der Waals surface area contributed by atoms with Gasteiger partial charge in [-0.2, -0.15) is 0 Å². The number of aromatic carboxylic acids is 1. The van der Waals surface area contributed by atoms with Crippen LogP contribution in [0.15, 0.2) is 30.3 Å². The van der Waals surface area contributed by atoms with E-state index in [9.17, 15) is 14.0 Å². The number of anilines is 2. The predicted octanol–water partition coefficient (Wildman–Crippen LogP) is 3.54. The zero-order valence-electron chi connectivity index (χ0n) is 10.4. The fourth-order valence-corrected chi connectivity index (χ4v) is 2.48. The van der Waals surface area contributed by atoms with E-state index in [2.05, 4.69) is 10.6 Å². The standard InChI is InChI=1S/C13H11FN2O3S/c1-7-6-8(12(17)18)11(20-7)16-13(19)15-10-5-3-2-4-9(10)14/h2-6H,1H3,(H,17,18)(H2,15,16,19). The largest absolute Gasteiger partial charge is 0.478 e. The molecule has 20 heavy (non-hydrogen) atoms. The van der Waals surface area contributed by atoms with Crippen LogP contribution in [-0.2, 0) is 0 Å². The van der Waals surface area contributed by atoms with Crippen LogP contribution in [0.25, 0.3) is 0 Å². The van der Waals surface area contributed by atoms with Crippen LogP contribution in [0.5, 0.6) is 0 Å². The zero-order chi connectivity index (χ0) is 14.7. The van der Waals surface area contributed by atoms with Gasteiger partial charge in [0.25, 0.3) is 0 Å². The van der Waals surface area contributed by atoms with Gasteiger partial charge in [0.1, 0.15) is 10.8 Å². The first kappa shape index (κ1) is 14.0. The summed E-state index contributed by atoms with van der Waals surface area (Å²) in [6, 6.07) is 6.48. The Labute approximate surface area is 118 Å². The molecule has 3 N–H and O–H groups in total. The Hall–Kier alpha value is -2.41. The van der Waals surface area contributed by atoms with Gasteiger partial charge in [0, 0.05) is 4.88 Å². The lowest BCUT2D eigenvalue weighted by atomic mass is 10.3. The summed E-state index contributed by atoms with van der Waals surface area (Å²) in [6.07, 6.45) is 0. The molecule has 1 aromatic heterocycles. The zero-order valence-corrected chi connectivity index (χ0v) is 11.3. The first-order valence-corrected chi connectivity index (χ1v) is 6.45. The van der Waals surface area contributed by atoms with E-state index in [0.717, 1.165) is 16.2 Å². The predicted molar refractivity (Wildman–Crippen MR) is 75.1 cm³/mol. The molecule has 0 aliphatic heterocycles. The molecular weight excluding hydrogens is 283 g/mol. The average molecular weight is 294 g/mol. The van der Waals surface area contributed by atoms with Crippen LogP contribution in [-0.4, -0.2) is 17.1 Å². The third-order valence-electron chi connectivity index (χ3n) is 2.43. The summed E-state index contributed by atoms with van der Waals surface area (Å²) in [6.45, 7) is 1.73. The minimum Gasteiger partial charge on any atom is -0.478 e. The van der Waals surface area contributed by atoms with Gasteiger partial charge in [0.15, 0.2) is 0 Å². The normalized spacial score (nSPS) is 10.1. The number of para-hydroxylation sites is 1. The molecule has 0 radical (unpaired) electrons. The summed E-state index contributed by atoms with van der Waals surface area (Å²) < 4.78 is 13.4. The summed E-state index contributed by atoms with van der Waals surface area (Å²) >= 11 is 1.14. The molecule has 0 bridgehead atoms. The van der Waals surface area contributed by atoms with Crippen molar-refractivity contribution in [1.82, 2.24) is 0 Å². The van der Waals surface area contributed by atoms with Crippen molar-refractivity contribution in [1.29, 1.82) is 0 Å². The van der Waals surface area contributed by atoms with Gasteiger partial charge in [-0.25, -0.2) is 14.0 Å². The second-order valence-corrected chi connectivity index (χ2v) is 5.22. The van der Waals surface area contributed by atoms with Crippen LogP contribution in [0.2, 0.25) is 0 Å². The average Bonchev–Trinajstić information content (AvgIpc) is 2.73. The van der Waals surface area contributed by atoms with Gasteiger partial charge in [-0.15, -0.1) is 11.3 Å². The number of thiophene rings is 1. The van der Waals surface area contributed by atoms with Crippen LogP contribution in [0, 0.1) is 12.7 Å². The highest BCUT2D eigenvalue weighted by atomic mass is 32.1. The van der Waals surface area contributed by atoms with Crippen LogP contribution >= 0.6 is 11.3 Å². The number of carboxylic acids is 1. The molecule has 0 aliphatic carbocycles. The van der Waals surface area contributed by atoms with Crippen molar-refractivity contribution in [3.05, 3.63) is 46.6 Å². The van der Waals surface area contributed by atoms with E-state index < -0.39 is 17.8 Å². The minimum atomic E-state index is -1.13. The number of aryl methyl sites for hydroxylation is 1. The van der Waals surface area contributed by atoms with E-state index in [1.54, 1.807) is 13.0 Å². The molecule has 0 unspecified atom stereocenters. The quantitative estimate of drug-likeness (QED) is 0.810. The summed E-state index contributed by atoms with van der Waals surface area (Å²) in [7, 11) is 0. The Morgan fingerprint density at radius 2 is 1.95 bits per heavy atom. The molecule has 0 saturated heterocycles. The monoisotopic (exact) mass is 294 g/mol. The Kier molecular flexibility index (Phi) is 3.99. The van der Waals surface area contributed by atoms with E-state index >= 15 is 0 Å². The SMILES string of the molecule is Cc1cc(C(=O)O)c(NC(=O)Nc2ccccc2F)s1. The minimum absolute atomic E-state index is 0.0104. The number of urea groups is 1. The third kappa shape index (κ3) is 3.12. The molecule has 104 valence electrons. The lowest BCUT2D eigenvalue weighted by molar-refractivity contribution is 0.0698. The Morgan fingerprint density at radius 3 is 2.60 bits per heavy atom. The number of benzene rings is 1. The molecule has 0 aliphatic rings. The fourth-order valence-electron chi connectivity index (χ4n) is 1.59. The number of carbonyl (C=O) groups is 2. The van der Waals surface area contributed by atoms with Crippen LogP contribution in [0.4, 0.5) is 19.9 Å². The number of hydrogen-bond acceptors (Lipinski definition) is 3. The maximum atomic E-state index is 13.4. The maximum absolute atomic E-state index is 13.4. The molecule has 2 aromatic rings. The first-order valence-electron chi connectivity index (χ1n) is 5.63. The van der Waals surface area contributed by atoms with Crippen LogP contribution < -0.4 is 10.6 Å². The second-order valence-electron chi connectivity index (χ2n) is 3.96. The van der Waals surface area contributed by atoms with E-state index in [0.29, 0.717) is 0 Å². The van der Waals surface area contributed by atoms with E-state index in [4.69, 9.17) is 5.11 Å². The van der Waals surface area contributed by atoms with Crippen molar-refractivity contribution >= 4 is 34.0 Å². The number of carboxylic acid groups (broad SMARTS) is 1. The van der Waals surface area contributed by atoms with Crippen molar-refractivity contribution in [2.45, 2.75) is 6.92 Å². The topological polar surface area (TPSA) is 78.4 Å². The van der Waals surface area contributed by atoms with Crippen molar-refractivity contribution in [3.8, 4) is 0 Å². The summed E-state index contributed by atoms with van der Waals surface area (Å²) in [5.41, 5.74) is 0.0336. The fraction of sp³-hybridized carbons (Fsp3) is 0.0769. The van der Waals surface area contributed by atoms with Crippen LogP contribution in [0.1, 0.15) is 15.2 Å². The van der Waals surface area contributed by atoms with Crippen molar-refractivity contribution in [2.24, 2.45) is 0 Å². The van der Waals surface area contributed by atoms with E-state index in [1.807, 2.05) is 0 Å². The highest BCUT2D eigenvalue weighted by Crippen LogP contribution is 2.27. The smallest absolute Gasteiger partial charge is 0.338 e. The maximum Gasteiger partial charge on any atom is 0.338 e. The van der Waals surface area contributed by atoms with E-state index in [-0.39, 0.29) is 16.3 Å². The van der Waals surface area contributed by atoms with Crippen molar-refractivity contribution in [3.63, 3.8) is 0 Å². The lowest BCUT2D eigenvalue weighted by Gasteiger charge is -2.07. The third-order valence-corrected chi connectivity index (χ3v) is 3.40. The molecule has 0 spiro atoms. The molecule has 7 heteroatoms. The number of rotatable bonds is 3. The van der Waals surface area contributed by atoms with Crippen molar-refractivity contribution in [2.75, 3.05) is 10.6 Å². The highest BCUT2D eigenvalue weighted by molar-refractivity contribution is 7.16. The molecule has 5 nitrogen and oxygen atoms in total. The number of nitrogens with one attached hydrogen (secondary N) is 2. The Bertz CT molecular complexity index is 669. The number of hydrogen-bond donors (Lipinski definition) is 3. The second kappa shape index (κ2) is 5.70. The van der Waals surface area contributed by atoms with Gasteiger partial charge in [-0.3, -0.25) is 5.32 Å². The summed E-state index contributed by atoms with van der Waals surface area (Å²) in [4.78, 5) is 23.5. The van der Waals surface area contributed by atoms with Gasteiger partial charge >= 0.3 is 12.0 Å². The molecule has 1 aromatic carbocycles. The van der Waals surface area contributed by atoms with Crippen LogP contribution in [0.3, 0.4) is 0 Å². The highest BCUT2D eigenvalue weighted by Gasteiger charge is 2.16. The Balaban J connectivity index is 2.13. The number of halogens is 1. The van der Waals surface area contributed by atoms with Gasteiger partial charge in [0.2, 0.25) is 0 Å². The molecule has 0 atom stereocenters. The molecule has 2 rings (SSSR count). The van der Waals surface area contributed by atoms with E-state index in [1.165, 1.54) is 24.3 Å². The molecule has 0 saturated carbocycles. The summed E-state index contributed by atoms with van der Waals surface area (Å²) in [5, 5.41) is 13.9. The molecule has 0 fully saturated rings. The number of carbonyl (C=O) groups excluding carboxylic acids is 1. The summed E-state index contributed by atoms with van der Waals surface area (Å²) in [5.74, 6) is -1.70. The molecular formula is C13H11FN2O3S. The first-order chi connectivity index (χ1) is 9.47. The van der Waals surface area contributed by atoms with Gasteiger partial charge in [-0.05, 0) is 25.1 Å². The van der Waals surface area contributed by atoms with Gasteiger partial charge in [0.05, 0.1) is 11.3 Å². The Morgan fingerprint density at radius 1 is 1.25 bits per heavy atom.